The molecule has 0 unspecified atom stereocenters. The van der Waals surface area contributed by atoms with Gasteiger partial charge in [0.05, 0.1) is 24.5 Å². The van der Waals surface area contributed by atoms with Gasteiger partial charge in [0.1, 0.15) is 5.82 Å². The van der Waals surface area contributed by atoms with Crippen molar-refractivity contribution in [2.75, 3.05) is 7.11 Å². The summed E-state index contributed by atoms with van der Waals surface area (Å²) in [6, 6.07) is 9.27. The Labute approximate surface area is 125 Å². The van der Waals surface area contributed by atoms with Crippen LogP contribution in [0.3, 0.4) is 0 Å². The molecule has 2 aromatic heterocycles. The summed E-state index contributed by atoms with van der Waals surface area (Å²) in [6.45, 7) is 0. The molecular weight excluding hydrogens is 287 g/mol. The number of carbonyl (C=O) groups is 1. The van der Waals surface area contributed by atoms with Crippen LogP contribution in [0.4, 0.5) is 4.39 Å². The second-order valence-corrected chi connectivity index (χ2v) is 4.59. The van der Waals surface area contributed by atoms with Gasteiger partial charge < -0.3 is 9.84 Å². The number of esters is 1. The molecule has 0 radical (unpaired) electrons. The van der Waals surface area contributed by atoms with Gasteiger partial charge in [0.2, 0.25) is 0 Å². The van der Waals surface area contributed by atoms with Crippen molar-refractivity contribution in [2.24, 2.45) is 0 Å². The van der Waals surface area contributed by atoms with Crippen molar-refractivity contribution >= 4 is 16.9 Å². The predicted molar refractivity (Wildman–Crippen MR) is 77.9 cm³/mol. The Morgan fingerprint density at radius 3 is 2.82 bits per heavy atom. The molecule has 0 amide bonds. The van der Waals surface area contributed by atoms with E-state index in [-0.39, 0.29) is 17.3 Å². The quantitative estimate of drug-likeness (QED) is 0.736. The summed E-state index contributed by atoms with van der Waals surface area (Å²) in [5.41, 5.74) is 1.37. The van der Waals surface area contributed by atoms with Gasteiger partial charge in [-0.3, -0.25) is 0 Å². The van der Waals surface area contributed by atoms with Crippen LogP contribution in [-0.2, 0) is 4.74 Å². The number of aromatic nitrogens is 2. The van der Waals surface area contributed by atoms with Crippen molar-refractivity contribution in [3.05, 3.63) is 54.1 Å². The number of halogens is 1. The molecule has 0 spiro atoms. The number of pyridine rings is 2. The highest BCUT2D eigenvalue weighted by Crippen LogP contribution is 2.29. The molecule has 22 heavy (non-hydrogen) atoms. The molecule has 0 saturated carbocycles. The van der Waals surface area contributed by atoms with Crippen LogP contribution < -0.4 is 0 Å². The van der Waals surface area contributed by atoms with Crippen molar-refractivity contribution in [3.63, 3.8) is 0 Å². The molecule has 3 rings (SSSR count). The minimum absolute atomic E-state index is 0.171. The Morgan fingerprint density at radius 1 is 1.27 bits per heavy atom. The second-order valence-electron chi connectivity index (χ2n) is 4.59. The average molecular weight is 298 g/mol. The van der Waals surface area contributed by atoms with Crippen LogP contribution in [0, 0.1) is 5.82 Å². The van der Waals surface area contributed by atoms with Gasteiger partial charge in [0.25, 0.3) is 0 Å². The molecule has 2 heterocycles. The smallest absolute Gasteiger partial charge is 0.360 e. The zero-order valence-electron chi connectivity index (χ0n) is 11.6. The van der Waals surface area contributed by atoms with E-state index in [1.807, 2.05) is 0 Å². The molecule has 1 N–H and O–H groups in total. The highest BCUT2D eigenvalue weighted by molar-refractivity contribution is 5.98. The zero-order valence-corrected chi connectivity index (χ0v) is 11.6. The maximum absolute atomic E-state index is 13.3. The van der Waals surface area contributed by atoms with Crippen LogP contribution in [-0.4, -0.2) is 28.2 Å². The lowest BCUT2D eigenvalue weighted by Gasteiger charge is -2.07. The summed E-state index contributed by atoms with van der Waals surface area (Å²) < 4.78 is 17.8. The van der Waals surface area contributed by atoms with E-state index < -0.39 is 5.97 Å². The number of hydrogen-bond donors (Lipinski definition) is 1. The monoisotopic (exact) mass is 298 g/mol. The van der Waals surface area contributed by atoms with Crippen LogP contribution in [0.25, 0.3) is 22.2 Å². The van der Waals surface area contributed by atoms with Gasteiger partial charge in [-0.1, -0.05) is 12.1 Å². The molecule has 0 aliphatic rings. The lowest BCUT2D eigenvalue weighted by Crippen LogP contribution is -2.05. The van der Waals surface area contributed by atoms with Gasteiger partial charge in [0.15, 0.2) is 11.4 Å². The SMILES string of the molecule is COC(=O)c1ncc2nc(-c3cccc(F)c3)ccc2c1O. The third kappa shape index (κ3) is 2.35. The van der Waals surface area contributed by atoms with E-state index in [1.165, 1.54) is 25.4 Å². The lowest BCUT2D eigenvalue weighted by molar-refractivity contribution is 0.0591. The van der Waals surface area contributed by atoms with Gasteiger partial charge >= 0.3 is 5.97 Å². The van der Waals surface area contributed by atoms with Crippen LogP contribution >= 0.6 is 0 Å². The first-order valence-corrected chi connectivity index (χ1v) is 6.43. The van der Waals surface area contributed by atoms with E-state index in [1.54, 1.807) is 24.3 Å². The Hall–Kier alpha value is -3.02. The van der Waals surface area contributed by atoms with Crippen molar-refractivity contribution in [1.29, 1.82) is 0 Å². The molecular formula is C16H11FN2O3. The van der Waals surface area contributed by atoms with Crippen LogP contribution in [0.1, 0.15) is 10.5 Å². The van der Waals surface area contributed by atoms with Gasteiger partial charge in [-0.2, -0.15) is 0 Å². The first-order valence-electron chi connectivity index (χ1n) is 6.43. The molecule has 0 aliphatic carbocycles. The molecule has 0 atom stereocenters. The van der Waals surface area contributed by atoms with Gasteiger partial charge in [-0.25, -0.2) is 19.2 Å². The number of carbonyl (C=O) groups excluding carboxylic acids is 1. The molecule has 0 aliphatic heterocycles. The fraction of sp³-hybridized carbons (Fsp3) is 0.0625. The lowest BCUT2D eigenvalue weighted by atomic mass is 10.1. The number of nitrogens with zero attached hydrogens (tertiary/aromatic N) is 2. The highest BCUT2D eigenvalue weighted by Gasteiger charge is 2.17. The topological polar surface area (TPSA) is 72.3 Å². The number of benzene rings is 1. The number of rotatable bonds is 2. The molecule has 5 nitrogen and oxygen atoms in total. The fourth-order valence-corrected chi connectivity index (χ4v) is 2.14. The van der Waals surface area contributed by atoms with Crippen LogP contribution in [0.2, 0.25) is 0 Å². The van der Waals surface area contributed by atoms with Crippen LogP contribution in [0.5, 0.6) is 5.75 Å². The van der Waals surface area contributed by atoms with Crippen molar-refractivity contribution in [3.8, 4) is 17.0 Å². The van der Waals surface area contributed by atoms with Crippen molar-refractivity contribution < 1.29 is 19.0 Å². The fourth-order valence-electron chi connectivity index (χ4n) is 2.14. The van der Waals surface area contributed by atoms with E-state index in [0.29, 0.717) is 22.2 Å². The first-order chi connectivity index (χ1) is 10.6. The molecule has 3 aromatic rings. The third-order valence-electron chi connectivity index (χ3n) is 3.22. The second kappa shape index (κ2) is 5.40. The highest BCUT2D eigenvalue weighted by atomic mass is 19.1. The van der Waals surface area contributed by atoms with E-state index in [0.717, 1.165) is 0 Å². The molecule has 0 saturated heterocycles. The molecule has 6 heteroatoms. The number of hydrogen-bond acceptors (Lipinski definition) is 5. The normalized spacial score (nSPS) is 10.6. The summed E-state index contributed by atoms with van der Waals surface area (Å²) in [6.07, 6.45) is 1.37. The minimum Gasteiger partial charge on any atom is -0.505 e. The predicted octanol–water partition coefficient (Wildman–Crippen LogP) is 2.93. The van der Waals surface area contributed by atoms with Crippen LogP contribution in [0.15, 0.2) is 42.6 Å². The van der Waals surface area contributed by atoms with Crippen molar-refractivity contribution in [1.82, 2.24) is 9.97 Å². The number of ether oxygens (including phenoxy) is 1. The molecule has 0 bridgehead atoms. The van der Waals surface area contributed by atoms with Gasteiger partial charge in [0, 0.05) is 10.9 Å². The molecule has 0 fully saturated rings. The van der Waals surface area contributed by atoms with Gasteiger partial charge in [-0.05, 0) is 24.3 Å². The Balaban J connectivity index is 2.14. The number of fused-ring (bicyclic) bond motifs is 1. The Morgan fingerprint density at radius 2 is 2.09 bits per heavy atom. The maximum Gasteiger partial charge on any atom is 0.360 e. The van der Waals surface area contributed by atoms with Crippen molar-refractivity contribution in [2.45, 2.75) is 0 Å². The standard InChI is InChI=1S/C16H11FN2O3/c1-22-16(21)14-15(20)11-5-6-12(19-13(11)8-18-14)9-3-2-4-10(17)7-9/h2-8,20H,1H3. The molecule has 1 aromatic carbocycles. The minimum atomic E-state index is -0.728. The molecule has 110 valence electrons. The zero-order chi connectivity index (χ0) is 15.7. The third-order valence-corrected chi connectivity index (χ3v) is 3.22. The number of methoxy groups -OCH3 is 1. The first kappa shape index (κ1) is 13.9. The summed E-state index contributed by atoms with van der Waals surface area (Å²) in [7, 11) is 1.21. The van der Waals surface area contributed by atoms with E-state index in [4.69, 9.17) is 0 Å². The summed E-state index contributed by atoms with van der Waals surface area (Å²) in [4.78, 5) is 19.7. The van der Waals surface area contributed by atoms with E-state index in [2.05, 4.69) is 14.7 Å². The maximum atomic E-state index is 13.3. The van der Waals surface area contributed by atoms with E-state index >= 15 is 0 Å². The summed E-state index contributed by atoms with van der Waals surface area (Å²) >= 11 is 0. The summed E-state index contributed by atoms with van der Waals surface area (Å²) in [5.74, 6) is -1.38. The van der Waals surface area contributed by atoms with Gasteiger partial charge in [-0.15, -0.1) is 0 Å². The largest absolute Gasteiger partial charge is 0.505 e. The Kier molecular flexibility index (Phi) is 3.42. The Bertz CT molecular complexity index is 880. The number of aromatic hydroxyl groups is 1. The summed E-state index contributed by atoms with van der Waals surface area (Å²) in [5, 5.41) is 10.5. The van der Waals surface area contributed by atoms with E-state index in [9.17, 15) is 14.3 Å². The average Bonchev–Trinajstić information content (AvgIpc) is 2.54.